The highest BCUT2D eigenvalue weighted by Gasteiger charge is 2.05. The first-order valence-corrected chi connectivity index (χ1v) is 6.91. The normalized spacial score (nSPS) is 10.2. The Morgan fingerprint density at radius 3 is 2.70 bits per heavy atom. The van der Waals surface area contributed by atoms with Gasteiger partial charge in [-0.05, 0) is 42.2 Å². The molecule has 0 heterocycles. The van der Waals surface area contributed by atoms with Crippen molar-refractivity contribution >= 4 is 17.3 Å². The molecule has 0 fully saturated rings. The standard InChI is InChI=1S/C17H20N2O/c1-2-13-6-5-8-15(12-13)19-17(20)11-10-14-7-3-4-9-16(14)18/h3-9,12H,2,10-11,18H2,1H3,(H,19,20). The van der Waals surface area contributed by atoms with Crippen LogP contribution in [0.15, 0.2) is 48.5 Å². The van der Waals surface area contributed by atoms with Crippen molar-refractivity contribution in [1.29, 1.82) is 0 Å². The van der Waals surface area contributed by atoms with Crippen molar-refractivity contribution in [1.82, 2.24) is 0 Å². The van der Waals surface area contributed by atoms with Gasteiger partial charge in [-0.1, -0.05) is 37.3 Å². The molecule has 3 nitrogen and oxygen atoms in total. The number of amides is 1. The lowest BCUT2D eigenvalue weighted by atomic mass is 10.1. The minimum Gasteiger partial charge on any atom is -0.399 e. The van der Waals surface area contributed by atoms with Gasteiger partial charge in [0.2, 0.25) is 5.91 Å². The summed E-state index contributed by atoms with van der Waals surface area (Å²) in [6.45, 7) is 2.10. The molecule has 2 aromatic carbocycles. The predicted molar refractivity (Wildman–Crippen MR) is 83.6 cm³/mol. The van der Waals surface area contributed by atoms with Crippen LogP contribution in [-0.2, 0) is 17.6 Å². The van der Waals surface area contributed by atoms with Crippen LogP contribution in [0.25, 0.3) is 0 Å². The molecule has 104 valence electrons. The number of carbonyl (C=O) groups is 1. The number of anilines is 2. The molecular formula is C17H20N2O. The van der Waals surface area contributed by atoms with Crippen LogP contribution >= 0.6 is 0 Å². The van der Waals surface area contributed by atoms with Gasteiger partial charge in [0.05, 0.1) is 0 Å². The van der Waals surface area contributed by atoms with Crippen molar-refractivity contribution in [2.75, 3.05) is 11.1 Å². The number of hydrogen-bond acceptors (Lipinski definition) is 2. The lowest BCUT2D eigenvalue weighted by Crippen LogP contribution is -2.12. The lowest BCUT2D eigenvalue weighted by molar-refractivity contribution is -0.116. The molecule has 0 aliphatic heterocycles. The molecule has 3 heteroatoms. The zero-order valence-corrected chi connectivity index (χ0v) is 11.7. The Balaban J connectivity index is 1.91. The Labute approximate surface area is 119 Å². The van der Waals surface area contributed by atoms with Gasteiger partial charge in [-0.3, -0.25) is 4.79 Å². The number of para-hydroxylation sites is 1. The van der Waals surface area contributed by atoms with E-state index in [0.717, 1.165) is 23.4 Å². The fourth-order valence-corrected chi connectivity index (χ4v) is 2.10. The van der Waals surface area contributed by atoms with E-state index >= 15 is 0 Å². The molecule has 0 atom stereocenters. The first-order valence-electron chi connectivity index (χ1n) is 6.91. The average molecular weight is 268 g/mol. The number of hydrogen-bond donors (Lipinski definition) is 2. The quantitative estimate of drug-likeness (QED) is 0.816. The first kappa shape index (κ1) is 14.1. The molecule has 0 aliphatic rings. The number of aryl methyl sites for hydroxylation is 2. The monoisotopic (exact) mass is 268 g/mol. The van der Waals surface area contributed by atoms with Crippen LogP contribution in [0.2, 0.25) is 0 Å². The molecule has 0 unspecified atom stereocenters. The minimum absolute atomic E-state index is 0.0153. The van der Waals surface area contributed by atoms with E-state index in [4.69, 9.17) is 5.73 Å². The summed E-state index contributed by atoms with van der Waals surface area (Å²) in [4.78, 5) is 11.9. The van der Waals surface area contributed by atoms with Crippen LogP contribution in [0.5, 0.6) is 0 Å². The van der Waals surface area contributed by atoms with E-state index in [1.165, 1.54) is 5.56 Å². The molecule has 0 aromatic heterocycles. The fourth-order valence-electron chi connectivity index (χ4n) is 2.10. The first-order chi connectivity index (χ1) is 9.69. The van der Waals surface area contributed by atoms with Gasteiger partial charge < -0.3 is 11.1 Å². The van der Waals surface area contributed by atoms with Crippen molar-refractivity contribution < 1.29 is 4.79 Å². The smallest absolute Gasteiger partial charge is 0.224 e. The Kier molecular flexibility index (Phi) is 4.77. The van der Waals surface area contributed by atoms with E-state index < -0.39 is 0 Å². The summed E-state index contributed by atoms with van der Waals surface area (Å²) in [5.41, 5.74) is 9.70. The number of nitrogens with one attached hydrogen (secondary N) is 1. The number of rotatable bonds is 5. The number of benzene rings is 2. The van der Waals surface area contributed by atoms with Crippen LogP contribution in [0.1, 0.15) is 24.5 Å². The van der Waals surface area contributed by atoms with Crippen molar-refractivity contribution in [2.24, 2.45) is 0 Å². The molecule has 0 aliphatic carbocycles. The van der Waals surface area contributed by atoms with E-state index in [9.17, 15) is 4.79 Å². The van der Waals surface area contributed by atoms with Gasteiger partial charge in [-0.15, -0.1) is 0 Å². The van der Waals surface area contributed by atoms with E-state index in [-0.39, 0.29) is 5.91 Å². The molecule has 1 amide bonds. The number of nitrogen functional groups attached to an aromatic ring is 1. The third-order valence-corrected chi connectivity index (χ3v) is 3.30. The van der Waals surface area contributed by atoms with E-state index in [2.05, 4.69) is 18.3 Å². The number of nitrogens with two attached hydrogens (primary N) is 1. The Hall–Kier alpha value is -2.29. The second-order valence-electron chi connectivity index (χ2n) is 4.80. The van der Waals surface area contributed by atoms with Crippen LogP contribution < -0.4 is 11.1 Å². The van der Waals surface area contributed by atoms with Gasteiger partial charge in [0.15, 0.2) is 0 Å². The van der Waals surface area contributed by atoms with E-state index in [1.807, 2.05) is 42.5 Å². The van der Waals surface area contributed by atoms with Gasteiger partial charge in [-0.2, -0.15) is 0 Å². The minimum atomic E-state index is 0.0153. The molecule has 20 heavy (non-hydrogen) atoms. The van der Waals surface area contributed by atoms with Crippen LogP contribution in [0.4, 0.5) is 11.4 Å². The Bertz CT molecular complexity index is 593. The van der Waals surface area contributed by atoms with E-state index in [1.54, 1.807) is 0 Å². The van der Waals surface area contributed by atoms with Crippen molar-refractivity contribution in [3.05, 3.63) is 59.7 Å². The van der Waals surface area contributed by atoms with E-state index in [0.29, 0.717) is 12.8 Å². The summed E-state index contributed by atoms with van der Waals surface area (Å²) in [5, 5.41) is 2.93. The maximum absolute atomic E-state index is 11.9. The van der Waals surface area contributed by atoms with Crippen LogP contribution in [-0.4, -0.2) is 5.91 Å². The summed E-state index contributed by atoms with van der Waals surface area (Å²) in [6.07, 6.45) is 2.06. The van der Waals surface area contributed by atoms with Crippen LogP contribution in [0.3, 0.4) is 0 Å². The van der Waals surface area contributed by atoms with Gasteiger partial charge in [-0.25, -0.2) is 0 Å². The second kappa shape index (κ2) is 6.75. The average Bonchev–Trinajstić information content (AvgIpc) is 2.46. The molecule has 0 spiro atoms. The largest absolute Gasteiger partial charge is 0.399 e. The fraction of sp³-hybridized carbons (Fsp3) is 0.235. The third-order valence-electron chi connectivity index (χ3n) is 3.30. The summed E-state index contributed by atoms with van der Waals surface area (Å²) in [5.74, 6) is 0.0153. The summed E-state index contributed by atoms with van der Waals surface area (Å²) >= 11 is 0. The molecule has 0 saturated heterocycles. The topological polar surface area (TPSA) is 55.1 Å². The van der Waals surface area contributed by atoms with Gasteiger partial charge in [0.25, 0.3) is 0 Å². The molecule has 2 rings (SSSR count). The van der Waals surface area contributed by atoms with Crippen molar-refractivity contribution in [3.8, 4) is 0 Å². The zero-order valence-electron chi connectivity index (χ0n) is 11.7. The molecule has 0 bridgehead atoms. The Morgan fingerprint density at radius 1 is 1.15 bits per heavy atom. The molecular weight excluding hydrogens is 248 g/mol. The highest BCUT2D eigenvalue weighted by atomic mass is 16.1. The number of carbonyl (C=O) groups excluding carboxylic acids is 1. The molecule has 3 N–H and O–H groups in total. The van der Waals surface area contributed by atoms with Crippen molar-refractivity contribution in [2.45, 2.75) is 26.2 Å². The molecule has 0 saturated carbocycles. The lowest BCUT2D eigenvalue weighted by Gasteiger charge is -2.08. The van der Waals surface area contributed by atoms with Crippen molar-refractivity contribution in [3.63, 3.8) is 0 Å². The van der Waals surface area contributed by atoms with Gasteiger partial charge in [0.1, 0.15) is 0 Å². The van der Waals surface area contributed by atoms with Gasteiger partial charge >= 0.3 is 0 Å². The second-order valence-corrected chi connectivity index (χ2v) is 4.80. The summed E-state index contributed by atoms with van der Waals surface area (Å²) in [6, 6.07) is 15.6. The maximum atomic E-state index is 11.9. The zero-order chi connectivity index (χ0) is 14.4. The molecule has 2 aromatic rings. The highest BCUT2D eigenvalue weighted by molar-refractivity contribution is 5.91. The summed E-state index contributed by atoms with van der Waals surface area (Å²) < 4.78 is 0. The summed E-state index contributed by atoms with van der Waals surface area (Å²) in [7, 11) is 0. The molecule has 0 radical (unpaired) electrons. The maximum Gasteiger partial charge on any atom is 0.224 e. The third kappa shape index (κ3) is 3.85. The predicted octanol–water partition coefficient (Wildman–Crippen LogP) is 3.40. The van der Waals surface area contributed by atoms with Crippen LogP contribution in [0, 0.1) is 0 Å². The SMILES string of the molecule is CCc1cccc(NC(=O)CCc2ccccc2N)c1. The Morgan fingerprint density at radius 2 is 1.95 bits per heavy atom. The van der Waals surface area contributed by atoms with Gasteiger partial charge in [0, 0.05) is 17.8 Å². The highest BCUT2D eigenvalue weighted by Crippen LogP contribution is 2.14.